The molecule has 1 saturated heterocycles. The van der Waals surface area contributed by atoms with Crippen LogP contribution in [0.4, 0.5) is 0 Å². The first kappa shape index (κ1) is 21.2. The Balaban J connectivity index is 1.27. The summed E-state index contributed by atoms with van der Waals surface area (Å²) in [4.78, 5) is 17.1. The molecule has 1 fully saturated rings. The summed E-state index contributed by atoms with van der Waals surface area (Å²) in [5.41, 5.74) is 3.57. The van der Waals surface area contributed by atoms with Crippen molar-refractivity contribution < 1.29 is 13.9 Å². The van der Waals surface area contributed by atoms with Crippen molar-refractivity contribution in [2.24, 2.45) is 7.05 Å². The number of rotatable bonds is 7. The molecular formula is C24H30N4O3. The van der Waals surface area contributed by atoms with E-state index in [0.29, 0.717) is 31.2 Å². The van der Waals surface area contributed by atoms with Gasteiger partial charge in [-0.1, -0.05) is 19.1 Å². The molecule has 0 bridgehead atoms. The fraction of sp³-hybridized carbons (Fsp3) is 0.417. The molecule has 2 aromatic heterocycles. The summed E-state index contributed by atoms with van der Waals surface area (Å²) in [6.45, 7) is 8.38. The van der Waals surface area contributed by atoms with Gasteiger partial charge in [0, 0.05) is 51.5 Å². The van der Waals surface area contributed by atoms with E-state index in [1.54, 1.807) is 6.07 Å². The van der Waals surface area contributed by atoms with Gasteiger partial charge in [-0.05, 0) is 43.2 Å². The molecule has 4 rings (SSSR count). The van der Waals surface area contributed by atoms with Crippen molar-refractivity contribution in [3.05, 3.63) is 70.9 Å². The topological polar surface area (TPSA) is 63.7 Å². The third-order valence-electron chi connectivity index (χ3n) is 5.75. The maximum absolute atomic E-state index is 12.8. The number of hydrogen-bond acceptors (Lipinski definition) is 5. The van der Waals surface area contributed by atoms with Crippen molar-refractivity contribution in [1.82, 2.24) is 19.6 Å². The van der Waals surface area contributed by atoms with Crippen LogP contribution in [0.5, 0.6) is 5.75 Å². The summed E-state index contributed by atoms with van der Waals surface area (Å²) in [6.07, 6.45) is 3.07. The van der Waals surface area contributed by atoms with E-state index in [2.05, 4.69) is 35.3 Å². The van der Waals surface area contributed by atoms with Gasteiger partial charge in [-0.3, -0.25) is 14.4 Å². The Morgan fingerprint density at radius 3 is 2.48 bits per heavy atom. The summed E-state index contributed by atoms with van der Waals surface area (Å²) in [5.74, 6) is 1.75. The van der Waals surface area contributed by atoms with E-state index >= 15 is 0 Å². The van der Waals surface area contributed by atoms with E-state index in [9.17, 15) is 4.79 Å². The van der Waals surface area contributed by atoms with Crippen molar-refractivity contribution in [3.8, 4) is 5.75 Å². The van der Waals surface area contributed by atoms with Gasteiger partial charge in [-0.25, -0.2) is 0 Å². The second-order valence-corrected chi connectivity index (χ2v) is 8.03. The van der Waals surface area contributed by atoms with Gasteiger partial charge in [0.25, 0.3) is 5.91 Å². The molecular weight excluding hydrogens is 392 g/mol. The van der Waals surface area contributed by atoms with Gasteiger partial charge >= 0.3 is 0 Å². The number of ether oxygens (including phenoxy) is 1. The highest BCUT2D eigenvalue weighted by molar-refractivity contribution is 5.91. The Labute approximate surface area is 183 Å². The van der Waals surface area contributed by atoms with Crippen molar-refractivity contribution in [3.63, 3.8) is 0 Å². The van der Waals surface area contributed by atoms with E-state index < -0.39 is 0 Å². The number of carbonyl (C=O) groups is 1. The average Bonchev–Trinajstić information content (AvgIpc) is 3.38. The lowest BCUT2D eigenvalue weighted by atomic mass is 10.2. The van der Waals surface area contributed by atoms with Crippen molar-refractivity contribution in [2.45, 2.75) is 33.4 Å². The highest BCUT2D eigenvalue weighted by Crippen LogP contribution is 2.18. The van der Waals surface area contributed by atoms with Crippen molar-refractivity contribution >= 4 is 5.91 Å². The maximum Gasteiger partial charge on any atom is 0.289 e. The Morgan fingerprint density at radius 1 is 1.10 bits per heavy atom. The molecule has 0 saturated carbocycles. The number of benzene rings is 1. The Morgan fingerprint density at radius 2 is 1.84 bits per heavy atom. The fourth-order valence-electron chi connectivity index (χ4n) is 3.86. The molecule has 0 radical (unpaired) electrons. The van der Waals surface area contributed by atoms with E-state index in [0.717, 1.165) is 37.5 Å². The Bertz CT molecular complexity index is 1010. The number of nitrogens with zero attached hydrogens (tertiary/aromatic N) is 4. The first-order chi connectivity index (χ1) is 15.0. The molecule has 0 N–H and O–H groups in total. The van der Waals surface area contributed by atoms with E-state index in [1.807, 2.05) is 41.8 Å². The molecule has 0 aliphatic carbocycles. The van der Waals surface area contributed by atoms with Crippen LogP contribution >= 0.6 is 0 Å². The lowest BCUT2D eigenvalue weighted by Crippen LogP contribution is -2.48. The zero-order valence-corrected chi connectivity index (χ0v) is 18.5. The molecule has 3 heterocycles. The lowest BCUT2D eigenvalue weighted by Gasteiger charge is -2.34. The standard InChI is InChI=1S/C24H30N4O3/c1-4-19-5-7-21(8-6-19)30-17-22-9-10-23(31-22)24(29)28-13-11-27(12-14-28)16-20-15-26(3)25-18(20)2/h5-10,15H,4,11-14,16-17H2,1-3H3. The molecule has 1 aliphatic rings. The first-order valence-corrected chi connectivity index (χ1v) is 10.8. The van der Waals surface area contributed by atoms with Gasteiger partial charge < -0.3 is 14.1 Å². The van der Waals surface area contributed by atoms with Crippen molar-refractivity contribution in [1.29, 1.82) is 0 Å². The molecule has 7 nitrogen and oxygen atoms in total. The fourth-order valence-corrected chi connectivity index (χ4v) is 3.86. The molecule has 164 valence electrons. The highest BCUT2D eigenvalue weighted by Gasteiger charge is 2.25. The van der Waals surface area contributed by atoms with Crippen LogP contribution in [-0.4, -0.2) is 51.7 Å². The van der Waals surface area contributed by atoms with Crippen LogP contribution in [0.1, 0.15) is 40.1 Å². The average molecular weight is 423 g/mol. The zero-order chi connectivity index (χ0) is 21.8. The van der Waals surface area contributed by atoms with Gasteiger partial charge in [0.15, 0.2) is 5.76 Å². The number of amides is 1. The lowest BCUT2D eigenvalue weighted by molar-refractivity contribution is 0.0594. The predicted molar refractivity (Wildman–Crippen MR) is 118 cm³/mol. The van der Waals surface area contributed by atoms with Crippen LogP contribution < -0.4 is 4.74 Å². The third kappa shape index (κ3) is 5.17. The molecule has 1 aliphatic heterocycles. The van der Waals surface area contributed by atoms with E-state index in [4.69, 9.17) is 9.15 Å². The summed E-state index contributed by atoms with van der Waals surface area (Å²) >= 11 is 0. The van der Waals surface area contributed by atoms with E-state index in [-0.39, 0.29) is 5.91 Å². The van der Waals surface area contributed by atoms with Crippen LogP contribution in [0.2, 0.25) is 0 Å². The second-order valence-electron chi connectivity index (χ2n) is 8.03. The quantitative estimate of drug-likeness (QED) is 0.584. The number of hydrogen-bond donors (Lipinski definition) is 0. The Kier molecular flexibility index (Phi) is 6.42. The highest BCUT2D eigenvalue weighted by atomic mass is 16.5. The minimum absolute atomic E-state index is 0.0595. The van der Waals surface area contributed by atoms with Crippen molar-refractivity contribution in [2.75, 3.05) is 26.2 Å². The minimum Gasteiger partial charge on any atom is -0.486 e. The summed E-state index contributed by atoms with van der Waals surface area (Å²) in [5, 5.41) is 4.41. The molecule has 1 aromatic carbocycles. The predicted octanol–water partition coefficient (Wildman–Crippen LogP) is 3.42. The van der Waals surface area contributed by atoms with Gasteiger partial charge in [0.2, 0.25) is 0 Å². The Hall–Kier alpha value is -3.06. The molecule has 3 aromatic rings. The normalized spacial score (nSPS) is 14.7. The van der Waals surface area contributed by atoms with Crippen LogP contribution in [0.15, 0.2) is 47.0 Å². The largest absolute Gasteiger partial charge is 0.486 e. The van der Waals surface area contributed by atoms with Crippen LogP contribution in [0.3, 0.4) is 0 Å². The van der Waals surface area contributed by atoms with Gasteiger partial charge in [-0.15, -0.1) is 0 Å². The van der Waals surface area contributed by atoms with Crippen LogP contribution in [-0.2, 0) is 26.6 Å². The summed E-state index contributed by atoms with van der Waals surface area (Å²) in [6, 6.07) is 11.6. The summed E-state index contributed by atoms with van der Waals surface area (Å²) in [7, 11) is 1.94. The zero-order valence-electron chi connectivity index (χ0n) is 18.5. The SMILES string of the molecule is CCc1ccc(OCc2ccc(C(=O)N3CCN(Cc4cn(C)nc4C)CC3)o2)cc1. The van der Waals surface area contributed by atoms with Gasteiger partial charge in [0.05, 0.1) is 5.69 Å². The van der Waals surface area contributed by atoms with Gasteiger partial charge in [-0.2, -0.15) is 5.10 Å². The third-order valence-corrected chi connectivity index (χ3v) is 5.75. The summed E-state index contributed by atoms with van der Waals surface area (Å²) < 4.78 is 13.4. The first-order valence-electron chi connectivity index (χ1n) is 10.8. The molecule has 1 amide bonds. The van der Waals surface area contributed by atoms with Gasteiger partial charge in [0.1, 0.15) is 18.1 Å². The molecule has 7 heteroatoms. The second kappa shape index (κ2) is 9.39. The molecule has 0 unspecified atom stereocenters. The maximum atomic E-state index is 12.8. The monoisotopic (exact) mass is 422 g/mol. The number of aromatic nitrogens is 2. The number of piperazine rings is 1. The number of aryl methyl sites for hydroxylation is 3. The molecule has 0 spiro atoms. The number of furan rings is 1. The minimum atomic E-state index is -0.0595. The van der Waals surface area contributed by atoms with E-state index in [1.165, 1.54) is 11.1 Å². The van der Waals surface area contributed by atoms with Crippen LogP contribution in [0.25, 0.3) is 0 Å². The smallest absolute Gasteiger partial charge is 0.289 e. The molecule has 0 atom stereocenters. The molecule has 31 heavy (non-hydrogen) atoms. The number of carbonyl (C=O) groups excluding carboxylic acids is 1. The van der Waals surface area contributed by atoms with Crippen LogP contribution in [0, 0.1) is 6.92 Å².